The Morgan fingerprint density at radius 3 is 2.43 bits per heavy atom. The van der Waals surface area contributed by atoms with E-state index in [0.717, 1.165) is 5.56 Å². The number of aliphatic carboxylic acids is 1. The third kappa shape index (κ3) is 5.47. The maximum Gasteiger partial charge on any atom is 0.304 e. The van der Waals surface area contributed by atoms with Crippen LogP contribution in [0.1, 0.15) is 34.8 Å². The molecule has 0 bridgehead atoms. The molecule has 0 saturated heterocycles. The lowest BCUT2D eigenvalue weighted by atomic mass is 9.94. The number of carboxylic acids is 1. The van der Waals surface area contributed by atoms with Gasteiger partial charge in [-0.15, -0.1) is 0 Å². The first-order valence-corrected chi connectivity index (χ1v) is 9.10. The molecule has 7 heteroatoms. The van der Waals surface area contributed by atoms with E-state index in [4.69, 9.17) is 30.9 Å². The molecule has 1 atom stereocenters. The summed E-state index contributed by atoms with van der Waals surface area (Å²) in [5, 5.41) is 9.12. The minimum absolute atomic E-state index is 0.117. The molecular formula is C21H23ClO6. The van der Waals surface area contributed by atoms with Gasteiger partial charge in [0.05, 0.1) is 12.0 Å². The Hall–Kier alpha value is -2.57. The molecule has 0 aromatic heterocycles. The number of ether oxygens (including phenoxy) is 3. The molecule has 1 unspecified atom stereocenters. The van der Waals surface area contributed by atoms with Gasteiger partial charge in [0, 0.05) is 13.0 Å². The second kappa shape index (κ2) is 10.1. The molecule has 150 valence electrons. The minimum atomic E-state index is -1.05. The van der Waals surface area contributed by atoms with Crippen molar-refractivity contribution in [1.82, 2.24) is 0 Å². The Labute approximate surface area is 169 Å². The summed E-state index contributed by atoms with van der Waals surface area (Å²) in [5.74, 6) is -1.62. The molecule has 6 nitrogen and oxygen atoms in total. The fourth-order valence-corrected chi connectivity index (χ4v) is 3.07. The van der Waals surface area contributed by atoms with E-state index in [1.165, 1.54) is 7.11 Å². The quantitative estimate of drug-likeness (QED) is 0.462. The van der Waals surface area contributed by atoms with Gasteiger partial charge in [-0.25, -0.2) is 0 Å². The fraction of sp³-hybridized carbons (Fsp3) is 0.333. The smallest absolute Gasteiger partial charge is 0.304 e. The molecule has 0 radical (unpaired) electrons. The highest BCUT2D eigenvalue weighted by Gasteiger charge is 2.26. The number of carboxylic acid groups (broad SMARTS) is 1. The number of aryl methyl sites for hydroxylation is 1. The number of hydrogen-bond donors (Lipinski definition) is 1. The van der Waals surface area contributed by atoms with Gasteiger partial charge in [0.1, 0.15) is 17.4 Å². The summed E-state index contributed by atoms with van der Waals surface area (Å²) in [7, 11) is 1.45. The third-order valence-electron chi connectivity index (χ3n) is 4.10. The number of hydrogen-bond acceptors (Lipinski definition) is 5. The number of methoxy groups -OCH3 is 1. The molecular weight excluding hydrogens is 384 g/mol. The molecule has 28 heavy (non-hydrogen) atoms. The normalized spacial score (nSPS) is 11.7. The van der Waals surface area contributed by atoms with Gasteiger partial charge in [0.15, 0.2) is 18.3 Å². The van der Waals surface area contributed by atoms with Crippen LogP contribution < -0.4 is 9.47 Å². The molecule has 0 fully saturated rings. The van der Waals surface area contributed by atoms with Crippen LogP contribution in [0.25, 0.3) is 0 Å². The van der Waals surface area contributed by atoms with Gasteiger partial charge < -0.3 is 19.3 Å². The summed E-state index contributed by atoms with van der Waals surface area (Å²) in [6.45, 7) is 3.51. The van der Waals surface area contributed by atoms with E-state index < -0.39 is 11.9 Å². The predicted octanol–water partition coefficient (Wildman–Crippen LogP) is 4.50. The zero-order valence-corrected chi connectivity index (χ0v) is 16.8. The van der Waals surface area contributed by atoms with E-state index in [9.17, 15) is 9.59 Å². The molecule has 2 aromatic rings. The van der Waals surface area contributed by atoms with Crippen LogP contribution in [0.15, 0.2) is 36.4 Å². The van der Waals surface area contributed by atoms with Crippen LogP contribution in [0.5, 0.6) is 11.5 Å². The standard InChI is InChI=1S/C21H23ClO6/c1-13(10-17(23)24)19(25)16-9-14(2)20(18(22)21(16)28-12-26-3)27-11-15-7-5-4-6-8-15/h4-9,13H,10-12H2,1-3H3,(H,23,24). The van der Waals surface area contributed by atoms with Crippen molar-refractivity contribution in [2.24, 2.45) is 5.92 Å². The van der Waals surface area contributed by atoms with Crippen molar-refractivity contribution >= 4 is 23.4 Å². The summed E-state index contributed by atoms with van der Waals surface area (Å²) >= 11 is 6.50. The van der Waals surface area contributed by atoms with Gasteiger partial charge in [-0.1, -0.05) is 48.9 Å². The van der Waals surface area contributed by atoms with Crippen LogP contribution >= 0.6 is 11.6 Å². The summed E-state index contributed by atoms with van der Waals surface area (Å²) in [4.78, 5) is 23.7. The number of Topliss-reactive ketones (excluding diaryl/α,β-unsaturated/α-hetero) is 1. The van der Waals surface area contributed by atoms with Crippen molar-refractivity contribution in [3.8, 4) is 11.5 Å². The Bertz CT molecular complexity index is 835. The zero-order chi connectivity index (χ0) is 20.7. The van der Waals surface area contributed by atoms with Crippen molar-refractivity contribution in [3.05, 3.63) is 58.1 Å². The molecule has 0 aliphatic carbocycles. The Morgan fingerprint density at radius 2 is 1.82 bits per heavy atom. The first kappa shape index (κ1) is 21.7. The third-order valence-corrected chi connectivity index (χ3v) is 4.45. The Morgan fingerprint density at radius 1 is 1.14 bits per heavy atom. The minimum Gasteiger partial charge on any atom is -0.487 e. The van der Waals surface area contributed by atoms with E-state index in [2.05, 4.69) is 0 Å². The second-order valence-corrected chi connectivity index (χ2v) is 6.78. The van der Waals surface area contributed by atoms with Crippen LogP contribution in [0.4, 0.5) is 0 Å². The maximum atomic E-state index is 12.8. The summed E-state index contributed by atoms with van der Waals surface area (Å²) in [6, 6.07) is 11.2. The SMILES string of the molecule is COCOc1c(C(=O)C(C)CC(=O)O)cc(C)c(OCc2ccccc2)c1Cl. The van der Waals surface area contributed by atoms with E-state index in [1.54, 1.807) is 19.9 Å². The summed E-state index contributed by atoms with van der Waals surface area (Å²) < 4.78 is 16.3. The van der Waals surface area contributed by atoms with Crippen molar-refractivity contribution < 1.29 is 28.9 Å². The van der Waals surface area contributed by atoms with Crippen LogP contribution in [0.2, 0.25) is 5.02 Å². The molecule has 2 rings (SSSR count). The topological polar surface area (TPSA) is 82.1 Å². The van der Waals surface area contributed by atoms with E-state index in [0.29, 0.717) is 17.9 Å². The number of benzene rings is 2. The lowest BCUT2D eigenvalue weighted by molar-refractivity contribution is -0.137. The average Bonchev–Trinajstić information content (AvgIpc) is 2.66. The van der Waals surface area contributed by atoms with Gasteiger partial charge in [-0.05, 0) is 24.1 Å². The molecule has 0 aliphatic heterocycles. The van der Waals surface area contributed by atoms with Gasteiger partial charge in [-0.2, -0.15) is 0 Å². The van der Waals surface area contributed by atoms with Gasteiger partial charge >= 0.3 is 5.97 Å². The van der Waals surface area contributed by atoms with Gasteiger partial charge in [0.25, 0.3) is 0 Å². The van der Waals surface area contributed by atoms with Crippen LogP contribution in [-0.2, 0) is 16.1 Å². The van der Waals surface area contributed by atoms with Crippen LogP contribution in [0.3, 0.4) is 0 Å². The van der Waals surface area contributed by atoms with Crippen LogP contribution in [-0.4, -0.2) is 30.8 Å². The largest absolute Gasteiger partial charge is 0.487 e. The fourth-order valence-electron chi connectivity index (χ4n) is 2.71. The molecule has 0 saturated carbocycles. The van der Waals surface area contributed by atoms with Crippen molar-refractivity contribution in [2.45, 2.75) is 26.9 Å². The molecule has 0 spiro atoms. The molecule has 0 amide bonds. The molecule has 1 N–H and O–H groups in total. The first-order chi connectivity index (χ1) is 13.3. The van der Waals surface area contributed by atoms with Gasteiger partial charge in [0.2, 0.25) is 0 Å². The number of ketones is 1. The first-order valence-electron chi connectivity index (χ1n) is 8.72. The lowest BCUT2D eigenvalue weighted by Gasteiger charge is -2.19. The number of halogens is 1. The lowest BCUT2D eigenvalue weighted by Crippen LogP contribution is -2.17. The van der Waals surface area contributed by atoms with Crippen molar-refractivity contribution in [1.29, 1.82) is 0 Å². The summed E-state index contributed by atoms with van der Waals surface area (Å²) in [5.41, 5.74) is 1.82. The van der Waals surface area contributed by atoms with Gasteiger partial charge in [-0.3, -0.25) is 9.59 Å². The average molecular weight is 407 g/mol. The number of carbonyl (C=O) groups excluding carboxylic acids is 1. The number of rotatable bonds is 10. The maximum absolute atomic E-state index is 12.8. The summed E-state index contributed by atoms with van der Waals surface area (Å²) in [6.07, 6.45) is -0.286. The highest BCUT2D eigenvalue weighted by molar-refractivity contribution is 6.34. The monoisotopic (exact) mass is 406 g/mol. The van der Waals surface area contributed by atoms with E-state index in [-0.39, 0.29) is 35.3 Å². The van der Waals surface area contributed by atoms with Crippen molar-refractivity contribution in [2.75, 3.05) is 13.9 Å². The van der Waals surface area contributed by atoms with Crippen molar-refractivity contribution in [3.63, 3.8) is 0 Å². The Kier molecular flexibility index (Phi) is 7.84. The highest BCUT2D eigenvalue weighted by Crippen LogP contribution is 2.41. The molecule has 2 aromatic carbocycles. The highest BCUT2D eigenvalue weighted by atomic mass is 35.5. The Balaban J connectivity index is 2.38. The number of carbonyl (C=O) groups is 2. The predicted molar refractivity (Wildman–Crippen MR) is 105 cm³/mol. The zero-order valence-electron chi connectivity index (χ0n) is 16.0. The van der Waals surface area contributed by atoms with Crippen LogP contribution in [0, 0.1) is 12.8 Å². The van der Waals surface area contributed by atoms with E-state index in [1.807, 2.05) is 30.3 Å². The molecule has 0 heterocycles. The second-order valence-electron chi connectivity index (χ2n) is 6.40. The molecule has 0 aliphatic rings. The van der Waals surface area contributed by atoms with E-state index >= 15 is 0 Å².